The van der Waals surface area contributed by atoms with E-state index in [0.29, 0.717) is 6.04 Å². The first kappa shape index (κ1) is 13.0. The van der Waals surface area contributed by atoms with Crippen LogP contribution >= 0.6 is 0 Å². The third-order valence-electron chi connectivity index (χ3n) is 3.73. The van der Waals surface area contributed by atoms with E-state index in [9.17, 15) is 0 Å². The van der Waals surface area contributed by atoms with Crippen molar-refractivity contribution in [2.75, 3.05) is 20.6 Å². The molecule has 0 aromatic rings. The van der Waals surface area contributed by atoms with E-state index in [0.717, 1.165) is 30.7 Å². The number of nitrogens with two attached hydrogens (primary N) is 1. The molecule has 0 aliphatic heterocycles. The van der Waals surface area contributed by atoms with Gasteiger partial charge in [0.2, 0.25) is 0 Å². The SMILES string of the molecule is CC1CC(C)CC(C(N)CCN(C)C)C1. The van der Waals surface area contributed by atoms with Crippen LogP contribution in [0, 0.1) is 17.8 Å². The van der Waals surface area contributed by atoms with Gasteiger partial charge in [0.25, 0.3) is 0 Å². The molecule has 1 aliphatic carbocycles. The van der Waals surface area contributed by atoms with Crippen molar-refractivity contribution in [3.63, 3.8) is 0 Å². The molecule has 90 valence electrons. The quantitative estimate of drug-likeness (QED) is 0.775. The minimum atomic E-state index is 0.414. The van der Waals surface area contributed by atoms with Gasteiger partial charge in [-0.3, -0.25) is 0 Å². The molecule has 0 bridgehead atoms. The molecule has 0 radical (unpaired) electrons. The van der Waals surface area contributed by atoms with Crippen molar-refractivity contribution in [3.05, 3.63) is 0 Å². The van der Waals surface area contributed by atoms with Gasteiger partial charge in [0.05, 0.1) is 0 Å². The summed E-state index contributed by atoms with van der Waals surface area (Å²) in [6.07, 6.45) is 5.24. The smallest absolute Gasteiger partial charge is 0.00795 e. The third-order valence-corrected chi connectivity index (χ3v) is 3.73. The van der Waals surface area contributed by atoms with Crippen molar-refractivity contribution in [1.82, 2.24) is 4.90 Å². The number of hydrogen-bond acceptors (Lipinski definition) is 2. The molecule has 0 saturated heterocycles. The molecule has 1 rings (SSSR count). The molecule has 0 aromatic heterocycles. The Morgan fingerprint density at radius 2 is 1.67 bits per heavy atom. The van der Waals surface area contributed by atoms with Crippen LogP contribution in [0.2, 0.25) is 0 Å². The Balaban J connectivity index is 2.34. The highest BCUT2D eigenvalue weighted by Crippen LogP contribution is 2.34. The first-order valence-corrected chi connectivity index (χ1v) is 6.39. The highest BCUT2D eigenvalue weighted by Gasteiger charge is 2.27. The number of nitrogens with zero attached hydrogens (tertiary/aromatic N) is 1. The lowest BCUT2D eigenvalue weighted by Crippen LogP contribution is -2.37. The van der Waals surface area contributed by atoms with E-state index in [-0.39, 0.29) is 0 Å². The van der Waals surface area contributed by atoms with E-state index in [2.05, 4.69) is 32.8 Å². The van der Waals surface area contributed by atoms with Crippen LogP contribution in [0.3, 0.4) is 0 Å². The van der Waals surface area contributed by atoms with Crippen LogP contribution in [0.15, 0.2) is 0 Å². The second-order valence-corrected chi connectivity index (χ2v) is 5.93. The molecule has 0 aromatic carbocycles. The summed E-state index contributed by atoms with van der Waals surface area (Å²) in [5.41, 5.74) is 6.29. The normalized spacial score (nSPS) is 34.4. The molecule has 0 spiro atoms. The van der Waals surface area contributed by atoms with E-state index in [1.165, 1.54) is 19.3 Å². The Morgan fingerprint density at radius 3 is 2.13 bits per heavy atom. The van der Waals surface area contributed by atoms with Crippen LogP contribution < -0.4 is 5.73 Å². The van der Waals surface area contributed by atoms with Crippen molar-refractivity contribution in [1.29, 1.82) is 0 Å². The summed E-state index contributed by atoms with van der Waals surface area (Å²) in [7, 11) is 4.25. The van der Waals surface area contributed by atoms with Gasteiger partial charge in [0, 0.05) is 6.04 Å². The minimum absolute atomic E-state index is 0.414. The van der Waals surface area contributed by atoms with Crippen molar-refractivity contribution in [2.45, 2.75) is 45.6 Å². The van der Waals surface area contributed by atoms with Crippen molar-refractivity contribution < 1.29 is 0 Å². The summed E-state index contributed by atoms with van der Waals surface area (Å²) in [6, 6.07) is 0.414. The second-order valence-electron chi connectivity index (χ2n) is 5.93. The van der Waals surface area contributed by atoms with Gasteiger partial charge in [0.1, 0.15) is 0 Å². The van der Waals surface area contributed by atoms with E-state index in [1.807, 2.05) is 0 Å². The fourth-order valence-corrected chi connectivity index (χ4v) is 3.00. The molecule has 0 heterocycles. The van der Waals surface area contributed by atoms with E-state index in [4.69, 9.17) is 5.73 Å². The summed E-state index contributed by atoms with van der Waals surface area (Å²) in [5, 5.41) is 0. The van der Waals surface area contributed by atoms with E-state index < -0.39 is 0 Å². The van der Waals surface area contributed by atoms with Gasteiger partial charge >= 0.3 is 0 Å². The van der Waals surface area contributed by atoms with E-state index >= 15 is 0 Å². The molecule has 1 fully saturated rings. The summed E-state index contributed by atoms with van der Waals surface area (Å²) in [5.74, 6) is 2.53. The van der Waals surface area contributed by atoms with Gasteiger partial charge in [-0.25, -0.2) is 0 Å². The molecule has 2 nitrogen and oxygen atoms in total. The average molecular weight is 212 g/mol. The third kappa shape index (κ3) is 4.52. The zero-order valence-electron chi connectivity index (χ0n) is 10.9. The maximum absolute atomic E-state index is 6.29. The number of hydrogen-bond donors (Lipinski definition) is 1. The molecule has 3 atom stereocenters. The summed E-state index contributed by atoms with van der Waals surface area (Å²) in [4.78, 5) is 2.23. The zero-order valence-corrected chi connectivity index (χ0v) is 10.9. The van der Waals surface area contributed by atoms with Gasteiger partial charge in [-0.05, 0) is 64.1 Å². The fraction of sp³-hybridized carbons (Fsp3) is 1.00. The topological polar surface area (TPSA) is 29.3 Å². The molecule has 1 saturated carbocycles. The molecule has 1 aliphatic rings. The lowest BCUT2D eigenvalue weighted by molar-refractivity contribution is 0.183. The Morgan fingerprint density at radius 1 is 1.13 bits per heavy atom. The minimum Gasteiger partial charge on any atom is -0.327 e. The molecule has 3 unspecified atom stereocenters. The summed E-state index contributed by atoms with van der Waals surface area (Å²) >= 11 is 0. The highest BCUT2D eigenvalue weighted by atomic mass is 15.0. The first-order valence-electron chi connectivity index (χ1n) is 6.39. The predicted octanol–water partition coefficient (Wildman–Crippen LogP) is 2.34. The van der Waals surface area contributed by atoms with Crippen LogP contribution in [0.4, 0.5) is 0 Å². The molecule has 2 N–H and O–H groups in total. The highest BCUT2D eigenvalue weighted by molar-refractivity contribution is 4.82. The molecular formula is C13H28N2. The Bertz CT molecular complexity index is 169. The van der Waals surface area contributed by atoms with Gasteiger partial charge in [-0.15, -0.1) is 0 Å². The average Bonchev–Trinajstić information content (AvgIpc) is 2.12. The summed E-state index contributed by atoms with van der Waals surface area (Å²) in [6.45, 7) is 5.88. The monoisotopic (exact) mass is 212 g/mol. The number of rotatable bonds is 4. The fourth-order valence-electron chi connectivity index (χ4n) is 3.00. The van der Waals surface area contributed by atoms with Crippen LogP contribution in [-0.2, 0) is 0 Å². The van der Waals surface area contributed by atoms with Crippen LogP contribution in [0.25, 0.3) is 0 Å². The maximum Gasteiger partial charge on any atom is 0.00795 e. The first-order chi connectivity index (χ1) is 6.99. The molecule has 15 heavy (non-hydrogen) atoms. The van der Waals surface area contributed by atoms with Crippen LogP contribution in [0.1, 0.15) is 39.5 Å². The van der Waals surface area contributed by atoms with Crippen LogP contribution in [0.5, 0.6) is 0 Å². The molecule has 0 amide bonds. The van der Waals surface area contributed by atoms with Crippen molar-refractivity contribution >= 4 is 0 Å². The van der Waals surface area contributed by atoms with Crippen LogP contribution in [-0.4, -0.2) is 31.6 Å². The Kier molecular flexibility index (Phi) is 5.07. The maximum atomic E-state index is 6.29. The second kappa shape index (κ2) is 5.86. The van der Waals surface area contributed by atoms with E-state index in [1.54, 1.807) is 0 Å². The van der Waals surface area contributed by atoms with Gasteiger partial charge < -0.3 is 10.6 Å². The lowest BCUT2D eigenvalue weighted by Gasteiger charge is -2.35. The predicted molar refractivity (Wildman–Crippen MR) is 66.8 cm³/mol. The Labute approximate surface area is 95.2 Å². The van der Waals surface area contributed by atoms with Crippen molar-refractivity contribution in [2.24, 2.45) is 23.5 Å². The standard InChI is InChI=1S/C13H28N2/c1-10-7-11(2)9-12(8-10)13(14)5-6-15(3)4/h10-13H,5-9,14H2,1-4H3. The summed E-state index contributed by atoms with van der Waals surface area (Å²) < 4.78 is 0. The van der Waals surface area contributed by atoms with Gasteiger partial charge in [-0.2, -0.15) is 0 Å². The molecular weight excluding hydrogens is 184 g/mol. The largest absolute Gasteiger partial charge is 0.327 e. The van der Waals surface area contributed by atoms with Gasteiger partial charge in [-0.1, -0.05) is 13.8 Å². The molecule has 2 heteroatoms. The van der Waals surface area contributed by atoms with Crippen molar-refractivity contribution in [3.8, 4) is 0 Å². The zero-order chi connectivity index (χ0) is 11.4. The lowest BCUT2D eigenvalue weighted by atomic mass is 9.73. The Hall–Kier alpha value is -0.0800. The van der Waals surface area contributed by atoms with Gasteiger partial charge in [0.15, 0.2) is 0 Å².